The molecular formula is C18H17N3O3S2. The predicted octanol–water partition coefficient (Wildman–Crippen LogP) is 4.39. The summed E-state index contributed by atoms with van der Waals surface area (Å²) in [5.74, 6) is 0.517. The van der Waals surface area contributed by atoms with Crippen molar-refractivity contribution in [3.05, 3.63) is 65.6 Å². The first-order valence-electron chi connectivity index (χ1n) is 7.79. The molecule has 0 atom stereocenters. The van der Waals surface area contributed by atoms with Crippen LogP contribution >= 0.6 is 23.5 Å². The summed E-state index contributed by atoms with van der Waals surface area (Å²) in [7, 11) is 0. The Labute approximate surface area is 159 Å². The fraction of sp³-hybridized carbons (Fsp3) is 0.167. The molecule has 0 unspecified atom stereocenters. The van der Waals surface area contributed by atoms with E-state index in [-0.39, 0.29) is 5.56 Å². The molecule has 0 saturated heterocycles. The minimum atomic E-state index is -1.06. The number of furan rings is 1. The second-order valence-corrected chi connectivity index (χ2v) is 6.99. The first-order valence-corrected chi connectivity index (χ1v) is 10.0. The van der Waals surface area contributed by atoms with Crippen LogP contribution in [0.15, 0.2) is 63.3 Å². The molecule has 0 radical (unpaired) electrons. The van der Waals surface area contributed by atoms with Gasteiger partial charge in [-0.05, 0) is 24.0 Å². The van der Waals surface area contributed by atoms with Crippen LogP contribution in [-0.2, 0) is 12.3 Å². The van der Waals surface area contributed by atoms with E-state index in [1.807, 2.05) is 42.7 Å². The molecule has 0 fully saturated rings. The number of benzene rings is 1. The predicted molar refractivity (Wildman–Crippen MR) is 103 cm³/mol. The fourth-order valence-corrected chi connectivity index (χ4v) is 3.60. The van der Waals surface area contributed by atoms with Crippen LogP contribution in [0.3, 0.4) is 0 Å². The van der Waals surface area contributed by atoms with Crippen molar-refractivity contribution < 1.29 is 14.3 Å². The molecule has 26 heavy (non-hydrogen) atoms. The van der Waals surface area contributed by atoms with Gasteiger partial charge in [-0.2, -0.15) is 0 Å². The number of carboxylic acids is 1. The minimum Gasteiger partial charge on any atom is -0.477 e. The van der Waals surface area contributed by atoms with E-state index >= 15 is 0 Å². The van der Waals surface area contributed by atoms with Crippen molar-refractivity contribution in [1.29, 1.82) is 0 Å². The fourth-order valence-electron chi connectivity index (χ4n) is 2.25. The maximum Gasteiger partial charge on any atom is 0.342 e. The van der Waals surface area contributed by atoms with Crippen molar-refractivity contribution in [3.8, 4) is 0 Å². The Morgan fingerprint density at radius 2 is 2.00 bits per heavy atom. The highest BCUT2D eigenvalue weighted by atomic mass is 32.2. The Kier molecular flexibility index (Phi) is 6.19. The molecule has 0 bridgehead atoms. The molecule has 2 heterocycles. The van der Waals surface area contributed by atoms with E-state index in [4.69, 9.17) is 4.42 Å². The SMILES string of the molecule is CSc1nc(NCc2ccccc2)c(C(=O)O)c(SCc2ccco2)n1. The topological polar surface area (TPSA) is 88.2 Å². The summed E-state index contributed by atoms with van der Waals surface area (Å²) in [5.41, 5.74) is 1.12. The molecule has 2 aromatic heterocycles. The van der Waals surface area contributed by atoms with E-state index in [2.05, 4.69) is 15.3 Å². The van der Waals surface area contributed by atoms with Crippen molar-refractivity contribution in [2.45, 2.75) is 22.5 Å². The lowest BCUT2D eigenvalue weighted by Gasteiger charge is -2.13. The first-order chi connectivity index (χ1) is 12.7. The van der Waals surface area contributed by atoms with Gasteiger partial charge in [-0.15, -0.1) is 0 Å². The number of hydrogen-bond acceptors (Lipinski definition) is 7. The number of aromatic nitrogens is 2. The Morgan fingerprint density at radius 1 is 1.19 bits per heavy atom. The Morgan fingerprint density at radius 3 is 2.65 bits per heavy atom. The van der Waals surface area contributed by atoms with E-state index in [9.17, 15) is 9.90 Å². The summed E-state index contributed by atoms with van der Waals surface area (Å²) < 4.78 is 5.32. The van der Waals surface area contributed by atoms with Gasteiger partial charge in [0.25, 0.3) is 0 Å². The number of anilines is 1. The Bertz CT molecular complexity index is 871. The molecule has 0 aliphatic carbocycles. The van der Waals surface area contributed by atoms with E-state index < -0.39 is 5.97 Å². The number of nitrogens with zero attached hydrogens (tertiary/aromatic N) is 2. The molecule has 8 heteroatoms. The molecule has 134 valence electrons. The third-order valence-corrected chi connectivity index (χ3v) is 5.03. The van der Waals surface area contributed by atoms with Crippen LogP contribution in [0.2, 0.25) is 0 Å². The Hall–Kier alpha value is -2.45. The number of rotatable bonds is 8. The van der Waals surface area contributed by atoms with Crippen LogP contribution in [0.5, 0.6) is 0 Å². The van der Waals surface area contributed by atoms with Crippen molar-refractivity contribution in [3.63, 3.8) is 0 Å². The second kappa shape index (κ2) is 8.77. The largest absolute Gasteiger partial charge is 0.477 e. The number of carboxylic acid groups (broad SMARTS) is 1. The number of aromatic carboxylic acids is 1. The first kappa shape index (κ1) is 18.3. The smallest absolute Gasteiger partial charge is 0.342 e. The van der Waals surface area contributed by atoms with Crippen LogP contribution in [0, 0.1) is 0 Å². The molecule has 0 spiro atoms. The monoisotopic (exact) mass is 387 g/mol. The third kappa shape index (κ3) is 4.59. The molecule has 3 rings (SSSR count). The van der Waals surface area contributed by atoms with E-state index in [1.165, 1.54) is 23.5 Å². The van der Waals surface area contributed by atoms with Crippen LogP contribution in [0.1, 0.15) is 21.7 Å². The maximum atomic E-state index is 11.9. The summed E-state index contributed by atoms with van der Waals surface area (Å²) in [6.07, 6.45) is 3.45. The highest BCUT2D eigenvalue weighted by molar-refractivity contribution is 7.99. The standard InChI is InChI=1S/C18H17N3O3S2/c1-25-18-20-15(19-10-12-6-3-2-4-7-12)14(17(22)23)16(21-18)26-11-13-8-5-9-24-13/h2-9H,10-11H2,1H3,(H,22,23)(H,19,20,21). The van der Waals surface area contributed by atoms with Gasteiger partial charge >= 0.3 is 5.97 Å². The van der Waals surface area contributed by atoms with Crippen molar-refractivity contribution >= 4 is 35.3 Å². The zero-order valence-corrected chi connectivity index (χ0v) is 15.6. The zero-order chi connectivity index (χ0) is 18.4. The number of hydrogen-bond donors (Lipinski definition) is 2. The number of thioether (sulfide) groups is 2. The lowest BCUT2D eigenvalue weighted by Crippen LogP contribution is -2.12. The van der Waals surface area contributed by atoms with Gasteiger partial charge in [0, 0.05) is 6.54 Å². The molecule has 0 aliphatic heterocycles. The van der Waals surface area contributed by atoms with Gasteiger partial charge in [0.1, 0.15) is 22.2 Å². The van der Waals surface area contributed by atoms with Crippen LogP contribution in [0.4, 0.5) is 5.82 Å². The molecule has 0 amide bonds. The quantitative estimate of drug-likeness (QED) is 0.334. The lowest BCUT2D eigenvalue weighted by molar-refractivity contribution is 0.0692. The average molecular weight is 387 g/mol. The van der Waals surface area contributed by atoms with Crippen LogP contribution in [0.25, 0.3) is 0 Å². The van der Waals surface area contributed by atoms with E-state index in [0.717, 1.165) is 11.3 Å². The van der Waals surface area contributed by atoms with Crippen LogP contribution in [-0.4, -0.2) is 27.3 Å². The van der Waals surface area contributed by atoms with E-state index in [0.29, 0.717) is 28.3 Å². The normalized spacial score (nSPS) is 10.7. The molecule has 0 saturated carbocycles. The molecule has 6 nitrogen and oxygen atoms in total. The highest BCUT2D eigenvalue weighted by Gasteiger charge is 2.21. The molecule has 0 aliphatic rings. The molecule has 2 N–H and O–H groups in total. The molecule has 1 aromatic carbocycles. The third-order valence-electron chi connectivity index (χ3n) is 3.49. The van der Waals surface area contributed by atoms with Crippen molar-refractivity contribution in [1.82, 2.24) is 9.97 Å². The Balaban J connectivity index is 1.88. The number of nitrogens with one attached hydrogen (secondary N) is 1. The lowest BCUT2D eigenvalue weighted by atomic mass is 10.2. The summed E-state index contributed by atoms with van der Waals surface area (Å²) in [6.45, 7) is 0.480. The highest BCUT2D eigenvalue weighted by Crippen LogP contribution is 2.30. The maximum absolute atomic E-state index is 11.9. The second-order valence-electron chi connectivity index (χ2n) is 5.25. The number of carbonyl (C=O) groups is 1. The van der Waals surface area contributed by atoms with Gasteiger partial charge in [0.2, 0.25) is 0 Å². The van der Waals surface area contributed by atoms with Crippen molar-refractivity contribution in [2.24, 2.45) is 0 Å². The van der Waals surface area contributed by atoms with Crippen molar-refractivity contribution in [2.75, 3.05) is 11.6 Å². The summed E-state index contributed by atoms with van der Waals surface area (Å²) >= 11 is 2.69. The molecular weight excluding hydrogens is 370 g/mol. The van der Waals surface area contributed by atoms with Gasteiger partial charge in [-0.1, -0.05) is 53.9 Å². The summed E-state index contributed by atoms with van der Waals surface area (Å²) in [5, 5.41) is 13.8. The van der Waals surface area contributed by atoms with Gasteiger partial charge < -0.3 is 14.8 Å². The van der Waals surface area contributed by atoms with Gasteiger partial charge in [-0.25, -0.2) is 14.8 Å². The molecule has 3 aromatic rings. The van der Waals surface area contributed by atoms with Gasteiger partial charge in [0.15, 0.2) is 5.16 Å². The van der Waals surface area contributed by atoms with Gasteiger partial charge in [-0.3, -0.25) is 0 Å². The summed E-state index contributed by atoms with van der Waals surface area (Å²) in [4.78, 5) is 20.6. The van der Waals surface area contributed by atoms with Gasteiger partial charge in [0.05, 0.1) is 12.0 Å². The van der Waals surface area contributed by atoms with E-state index in [1.54, 1.807) is 12.3 Å². The zero-order valence-electron chi connectivity index (χ0n) is 14.0. The average Bonchev–Trinajstić information content (AvgIpc) is 3.18. The minimum absolute atomic E-state index is 0.0790. The van der Waals surface area contributed by atoms with Crippen LogP contribution < -0.4 is 5.32 Å². The summed E-state index contributed by atoms with van der Waals surface area (Å²) in [6, 6.07) is 13.4.